The molecule has 1 aromatic carbocycles. The first-order chi connectivity index (χ1) is 13.7. The fraction of sp³-hybridized carbons (Fsp3) is 0.364. The molecule has 0 atom stereocenters. The van der Waals surface area contributed by atoms with E-state index < -0.39 is 0 Å². The molecule has 1 saturated heterocycles. The lowest BCUT2D eigenvalue weighted by Crippen LogP contribution is -2.41. The van der Waals surface area contributed by atoms with Crippen molar-refractivity contribution in [3.8, 4) is 0 Å². The summed E-state index contributed by atoms with van der Waals surface area (Å²) in [6, 6.07) is 11.7. The Labute approximate surface area is 170 Å². The maximum Gasteiger partial charge on any atom is 0.223 e. The number of benzene rings is 1. The van der Waals surface area contributed by atoms with Gasteiger partial charge in [-0.15, -0.1) is 0 Å². The molecule has 0 unspecified atom stereocenters. The molecule has 3 heterocycles. The van der Waals surface area contributed by atoms with Gasteiger partial charge in [-0.1, -0.05) is 29.8 Å². The van der Waals surface area contributed by atoms with Gasteiger partial charge < -0.3 is 15.2 Å². The van der Waals surface area contributed by atoms with Gasteiger partial charge >= 0.3 is 0 Å². The molecule has 3 aromatic rings. The van der Waals surface area contributed by atoms with Gasteiger partial charge in [0.05, 0.1) is 0 Å². The van der Waals surface area contributed by atoms with Crippen LogP contribution in [0.4, 0.5) is 0 Å². The van der Waals surface area contributed by atoms with Crippen molar-refractivity contribution in [3.63, 3.8) is 0 Å². The fourth-order valence-corrected chi connectivity index (χ4v) is 4.09. The smallest absolute Gasteiger partial charge is 0.223 e. The maximum atomic E-state index is 12.5. The number of H-pyrrole nitrogens is 1. The Morgan fingerprint density at radius 1 is 1.18 bits per heavy atom. The summed E-state index contributed by atoms with van der Waals surface area (Å²) in [5.41, 5.74) is 3.22. The minimum atomic E-state index is 0.0935. The highest BCUT2D eigenvalue weighted by molar-refractivity contribution is 6.31. The highest BCUT2D eigenvalue weighted by atomic mass is 35.5. The molecule has 1 aliphatic rings. The van der Waals surface area contributed by atoms with Crippen LogP contribution in [0.3, 0.4) is 0 Å². The minimum absolute atomic E-state index is 0.0935. The topological polar surface area (TPSA) is 61.0 Å². The van der Waals surface area contributed by atoms with Crippen molar-refractivity contribution in [2.45, 2.75) is 25.8 Å². The summed E-state index contributed by atoms with van der Waals surface area (Å²) in [7, 11) is 0. The first kappa shape index (κ1) is 19.0. The van der Waals surface area contributed by atoms with E-state index in [9.17, 15) is 4.79 Å². The molecule has 4 rings (SSSR count). The van der Waals surface area contributed by atoms with Gasteiger partial charge in [0.1, 0.15) is 5.65 Å². The number of pyridine rings is 1. The molecule has 0 aliphatic carbocycles. The van der Waals surface area contributed by atoms with E-state index in [1.54, 1.807) is 0 Å². The number of aromatic nitrogens is 2. The monoisotopic (exact) mass is 396 g/mol. The lowest BCUT2D eigenvalue weighted by molar-refractivity contribution is -0.126. The van der Waals surface area contributed by atoms with Gasteiger partial charge in [0.25, 0.3) is 0 Å². The van der Waals surface area contributed by atoms with Crippen molar-refractivity contribution in [2.75, 3.05) is 19.6 Å². The predicted octanol–water partition coefficient (Wildman–Crippen LogP) is 3.79. The molecular formula is C22H25ClN4O. The summed E-state index contributed by atoms with van der Waals surface area (Å²) in [5, 5.41) is 4.95. The molecule has 146 valence electrons. The number of halogens is 1. The highest BCUT2D eigenvalue weighted by Gasteiger charge is 2.24. The van der Waals surface area contributed by atoms with Crippen LogP contribution in [0.15, 0.2) is 48.8 Å². The number of likely N-dealkylation sites (tertiary alicyclic amines) is 1. The fourth-order valence-electron chi connectivity index (χ4n) is 3.89. The first-order valence-electron chi connectivity index (χ1n) is 9.85. The van der Waals surface area contributed by atoms with Crippen LogP contribution in [0.2, 0.25) is 5.02 Å². The number of amides is 1. The zero-order valence-electron chi connectivity index (χ0n) is 15.8. The van der Waals surface area contributed by atoms with Crippen LogP contribution in [0.5, 0.6) is 0 Å². The Bertz CT molecular complexity index is 946. The van der Waals surface area contributed by atoms with E-state index >= 15 is 0 Å². The number of carbonyl (C=O) groups excluding carboxylic acids is 1. The standard InChI is InChI=1S/C22H25ClN4O/c23-20-6-2-1-4-18(20)15-26-22(28)16-7-11-27(12-8-16)13-9-17-14-25-21-19(17)5-3-10-24-21/h1-6,10,14,16H,7-9,11-13,15H2,(H,24,25)(H,26,28). The first-order valence-corrected chi connectivity index (χ1v) is 10.2. The van der Waals surface area contributed by atoms with Crippen molar-refractivity contribution in [3.05, 3.63) is 64.9 Å². The van der Waals surface area contributed by atoms with Crippen LogP contribution in [0.25, 0.3) is 11.0 Å². The highest BCUT2D eigenvalue weighted by Crippen LogP contribution is 2.21. The number of fused-ring (bicyclic) bond motifs is 1. The van der Waals surface area contributed by atoms with Crippen LogP contribution in [0, 0.1) is 5.92 Å². The van der Waals surface area contributed by atoms with Gasteiger partial charge in [-0.3, -0.25) is 4.79 Å². The Balaban J connectivity index is 1.23. The molecule has 2 aromatic heterocycles. The van der Waals surface area contributed by atoms with Crippen molar-refractivity contribution in [1.82, 2.24) is 20.2 Å². The van der Waals surface area contributed by atoms with Gasteiger partial charge in [0, 0.05) is 41.8 Å². The van der Waals surface area contributed by atoms with E-state index in [4.69, 9.17) is 11.6 Å². The summed E-state index contributed by atoms with van der Waals surface area (Å²) in [4.78, 5) is 22.5. The molecule has 6 heteroatoms. The van der Waals surface area contributed by atoms with Crippen LogP contribution in [0.1, 0.15) is 24.0 Å². The maximum absolute atomic E-state index is 12.5. The lowest BCUT2D eigenvalue weighted by Gasteiger charge is -2.31. The largest absolute Gasteiger partial charge is 0.352 e. The van der Waals surface area contributed by atoms with Gasteiger partial charge in [0.2, 0.25) is 5.91 Å². The molecule has 1 fully saturated rings. The Hall–Kier alpha value is -2.37. The second-order valence-electron chi connectivity index (χ2n) is 7.39. The Morgan fingerprint density at radius 2 is 2.00 bits per heavy atom. The zero-order valence-corrected chi connectivity index (χ0v) is 16.6. The lowest BCUT2D eigenvalue weighted by atomic mass is 9.95. The summed E-state index contributed by atoms with van der Waals surface area (Å²) in [6.07, 6.45) is 6.68. The van der Waals surface area contributed by atoms with E-state index in [1.165, 1.54) is 10.9 Å². The number of hydrogen-bond donors (Lipinski definition) is 2. The third kappa shape index (κ3) is 4.37. The van der Waals surface area contributed by atoms with Crippen molar-refractivity contribution >= 4 is 28.5 Å². The summed E-state index contributed by atoms with van der Waals surface area (Å²) < 4.78 is 0. The molecule has 2 N–H and O–H groups in total. The quantitative estimate of drug-likeness (QED) is 0.666. The molecular weight excluding hydrogens is 372 g/mol. The van der Waals surface area contributed by atoms with Crippen molar-refractivity contribution in [2.24, 2.45) is 5.92 Å². The van der Waals surface area contributed by atoms with Crippen molar-refractivity contribution in [1.29, 1.82) is 0 Å². The van der Waals surface area contributed by atoms with Crippen LogP contribution < -0.4 is 5.32 Å². The number of carbonyl (C=O) groups is 1. The van der Waals surface area contributed by atoms with E-state index in [0.717, 1.165) is 50.1 Å². The molecule has 28 heavy (non-hydrogen) atoms. The average molecular weight is 397 g/mol. The van der Waals surface area contributed by atoms with Crippen LogP contribution in [-0.2, 0) is 17.8 Å². The third-order valence-corrected chi connectivity index (χ3v) is 5.97. The van der Waals surface area contributed by atoms with Gasteiger partial charge in [-0.05, 0) is 61.7 Å². The zero-order chi connectivity index (χ0) is 19.3. The summed E-state index contributed by atoms with van der Waals surface area (Å²) in [5.74, 6) is 0.235. The number of piperidine rings is 1. The van der Waals surface area contributed by atoms with E-state index in [1.807, 2.05) is 36.5 Å². The van der Waals surface area contributed by atoms with Gasteiger partial charge in [0.15, 0.2) is 0 Å². The molecule has 1 aliphatic heterocycles. The van der Waals surface area contributed by atoms with Crippen LogP contribution in [-0.4, -0.2) is 40.4 Å². The number of nitrogens with one attached hydrogen (secondary N) is 2. The molecule has 0 spiro atoms. The number of nitrogens with zero attached hydrogens (tertiary/aromatic N) is 2. The van der Waals surface area contributed by atoms with Gasteiger partial charge in [-0.25, -0.2) is 4.98 Å². The molecule has 0 bridgehead atoms. The third-order valence-electron chi connectivity index (χ3n) is 5.60. The SMILES string of the molecule is O=C(NCc1ccccc1Cl)C1CCN(CCc2c[nH]c3ncccc23)CC1. The van der Waals surface area contributed by atoms with E-state index in [2.05, 4.69) is 32.4 Å². The Morgan fingerprint density at radius 3 is 2.82 bits per heavy atom. The second-order valence-corrected chi connectivity index (χ2v) is 7.80. The summed E-state index contributed by atoms with van der Waals surface area (Å²) in [6.45, 7) is 3.43. The molecule has 5 nitrogen and oxygen atoms in total. The number of rotatable bonds is 6. The second kappa shape index (κ2) is 8.76. The number of hydrogen-bond acceptors (Lipinski definition) is 3. The van der Waals surface area contributed by atoms with E-state index in [0.29, 0.717) is 11.6 Å². The molecule has 0 saturated carbocycles. The molecule has 0 radical (unpaired) electrons. The van der Waals surface area contributed by atoms with E-state index in [-0.39, 0.29) is 11.8 Å². The summed E-state index contributed by atoms with van der Waals surface area (Å²) >= 11 is 6.16. The van der Waals surface area contributed by atoms with Gasteiger partial charge in [-0.2, -0.15) is 0 Å². The Kier molecular flexibility index (Phi) is 5.93. The number of aromatic amines is 1. The average Bonchev–Trinajstić information content (AvgIpc) is 3.15. The van der Waals surface area contributed by atoms with Crippen LogP contribution >= 0.6 is 11.6 Å². The predicted molar refractivity (Wildman–Crippen MR) is 112 cm³/mol. The molecule has 1 amide bonds. The minimum Gasteiger partial charge on any atom is -0.352 e. The normalized spacial score (nSPS) is 15.8. The van der Waals surface area contributed by atoms with Crippen molar-refractivity contribution < 1.29 is 4.79 Å².